The minimum Gasteiger partial charge on any atom is -0.343 e. The van der Waals surface area contributed by atoms with E-state index in [1.807, 2.05) is 24.0 Å². The first kappa shape index (κ1) is 15.7. The average Bonchev–Trinajstić information content (AvgIpc) is 2.43. The molecule has 3 heteroatoms. The molecular weight excluding hydrogens is 236 g/mol. The first-order valence-corrected chi connectivity index (χ1v) is 7.10. The van der Waals surface area contributed by atoms with Gasteiger partial charge < -0.3 is 10.6 Å². The molecule has 3 nitrogen and oxygen atoms in total. The molecule has 1 aromatic carbocycles. The number of rotatable bonds is 7. The van der Waals surface area contributed by atoms with Crippen LogP contribution in [0.25, 0.3) is 0 Å². The molecule has 1 unspecified atom stereocenters. The fourth-order valence-corrected chi connectivity index (χ4v) is 2.15. The van der Waals surface area contributed by atoms with E-state index >= 15 is 0 Å². The number of hydrogen-bond donors (Lipinski definition) is 1. The first-order chi connectivity index (χ1) is 9.08. The highest BCUT2D eigenvalue weighted by molar-refractivity contribution is 5.76. The summed E-state index contributed by atoms with van der Waals surface area (Å²) in [5.41, 5.74) is 8.14. The van der Waals surface area contributed by atoms with Crippen molar-refractivity contribution in [3.63, 3.8) is 0 Å². The van der Waals surface area contributed by atoms with Gasteiger partial charge in [0, 0.05) is 19.5 Å². The second kappa shape index (κ2) is 7.95. The molecule has 0 aliphatic rings. The summed E-state index contributed by atoms with van der Waals surface area (Å²) in [7, 11) is 0. The van der Waals surface area contributed by atoms with Gasteiger partial charge in [0.1, 0.15) is 0 Å². The number of aryl methyl sites for hydroxylation is 2. The predicted molar refractivity (Wildman–Crippen MR) is 80.0 cm³/mol. The lowest BCUT2D eigenvalue weighted by molar-refractivity contribution is -0.131. The van der Waals surface area contributed by atoms with Gasteiger partial charge in [0.05, 0.1) is 0 Å². The fourth-order valence-electron chi connectivity index (χ4n) is 2.15. The summed E-state index contributed by atoms with van der Waals surface area (Å²) >= 11 is 0. The van der Waals surface area contributed by atoms with Crippen LogP contribution < -0.4 is 5.73 Å². The normalized spacial score (nSPS) is 12.2. The maximum atomic E-state index is 12.2. The Hall–Kier alpha value is -1.35. The van der Waals surface area contributed by atoms with E-state index in [9.17, 15) is 4.79 Å². The van der Waals surface area contributed by atoms with E-state index in [2.05, 4.69) is 26.0 Å². The third-order valence-electron chi connectivity index (χ3n) is 3.54. The molecule has 1 atom stereocenters. The Bertz CT molecular complexity index is 403. The SMILES string of the molecule is CCN(CC(C)CN)C(=O)CCc1ccccc1C. The van der Waals surface area contributed by atoms with Crippen LogP contribution in [0.4, 0.5) is 0 Å². The molecule has 1 amide bonds. The average molecular weight is 262 g/mol. The van der Waals surface area contributed by atoms with Crippen LogP contribution in [0.5, 0.6) is 0 Å². The molecule has 0 fully saturated rings. The third kappa shape index (κ3) is 5.03. The zero-order valence-corrected chi connectivity index (χ0v) is 12.4. The zero-order chi connectivity index (χ0) is 14.3. The van der Waals surface area contributed by atoms with Crippen molar-refractivity contribution in [2.24, 2.45) is 11.7 Å². The Morgan fingerprint density at radius 3 is 2.63 bits per heavy atom. The lowest BCUT2D eigenvalue weighted by Crippen LogP contribution is -2.36. The van der Waals surface area contributed by atoms with E-state index < -0.39 is 0 Å². The first-order valence-electron chi connectivity index (χ1n) is 7.10. The quantitative estimate of drug-likeness (QED) is 0.820. The number of carbonyl (C=O) groups is 1. The molecule has 1 rings (SSSR count). The van der Waals surface area contributed by atoms with E-state index in [1.54, 1.807) is 0 Å². The molecule has 1 aromatic rings. The van der Waals surface area contributed by atoms with E-state index in [-0.39, 0.29) is 5.91 Å². The summed E-state index contributed by atoms with van der Waals surface area (Å²) in [5.74, 6) is 0.591. The summed E-state index contributed by atoms with van der Waals surface area (Å²) in [4.78, 5) is 14.1. The van der Waals surface area contributed by atoms with Crippen LogP contribution in [-0.2, 0) is 11.2 Å². The maximum Gasteiger partial charge on any atom is 0.222 e. The second-order valence-corrected chi connectivity index (χ2v) is 5.20. The number of benzene rings is 1. The van der Waals surface area contributed by atoms with Crippen LogP contribution >= 0.6 is 0 Å². The monoisotopic (exact) mass is 262 g/mol. The Kier molecular flexibility index (Phi) is 6.57. The number of nitrogens with zero attached hydrogens (tertiary/aromatic N) is 1. The molecule has 0 aliphatic carbocycles. The highest BCUT2D eigenvalue weighted by Gasteiger charge is 2.14. The zero-order valence-electron chi connectivity index (χ0n) is 12.4. The number of amides is 1. The lowest BCUT2D eigenvalue weighted by atomic mass is 10.0. The number of nitrogens with two attached hydrogens (primary N) is 1. The number of carbonyl (C=O) groups excluding carboxylic acids is 1. The fraction of sp³-hybridized carbons (Fsp3) is 0.562. The van der Waals surface area contributed by atoms with Crippen LogP contribution in [0.2, 0.25) is 0 Å². The molecule has 0 heterocycles. The molecule has 106 valence electrons. The minimum atomic E-state index is 0.228. The van der Waals surface area contributed by atoms with Crippen LogP contribution in [-0.4, -0.2) is 30.4 Å². The van der Waals surface area contributed by atoms with Crippen molar-refractivity contribution in [3.8, 4) is 0 Å². The Labute approximate surface area is 116 Å². The van der Waals surface area contributed by atoms with Gasteiger partial charge in [-0.15, -0.1) is 0 Å². The summed E-state index contributed by atoms with van der Waals surface area (Å²) in [5, 5.41) is 0. The van der Waals surface area contributed by atoms with Crippen LogP contribution in [0.1, 0.15) is 31.4 Å². The standard InChI is InChI=1S/C16H26N2O/c1-4-18(12-13(2)11-17)16(19)10-9-15-8-6-5-7-14(15)3/h5-8,13H,4,9-12,17H2,1-3H3. The van der Waals surface area contributed by atoms with Crippen LogP contribution in [0, 0.1) is 12.8 Å². The van der Waals surface area contributed by atoms with Crippen molar-refractivity contribution < 1.29 is 4.79 Å². The van der Waals surface area contributed by atoms with Crippen LogP contribution in [0.15, 0.2) is 24.3 Å². The highest BCUT2D eigenvalue weighted by atomic mass is 16.2. The highest BCUT2D eigenvalue weighted by Crippen LogP contribution is 2.11. The summed E-state index contributed by atoms with van der Waals surface area (Å²) in [6, 6.07) is 8.25. The van der Waals surface area contributed by atoms with Crippen molar-refractivity contribution in [3.05, 3.63) is 35.4 Å². The molecule has 0 saturated heterocycles. The topological polar surface area (TPSA) is 46.3 Å². The minimum absolute atomic E-state index is 0.228. The van der Waals surface area contributed by atoms with Crippen molar-refractivity contribution in [1.29, 1.82) is 0 Å². The molecule has 0 bridgehead atoms. The Balaban J connectivity index is 2.51. The van der Waals surface area contributed by atoms with Gasteiger partial charge in [0.2, 0.25) is 5.91 Å². The van der Waals surface area contributed by atoms with E-state index in [0.717, 1.165) is 19.5 Å². The smallest absolute Gasteiger partial charge is 0.222 e. The van der Waals surface area contributed by atoms with E-state index in [4.69, 9.17) is 5.73 Å². The van der Waals surface area contributed by atoms with Crippen molar-refractivity contribution in [2.45, 2.75) is 33.6 Å². The molecule has 2 N–H and O–H groups in total. The molecule has 19 heavy (non-hydrogen) atoms. The van der Waals surface area contributed by atoms with Gasteiger partial charge in [-0.2, -0.15) is 0 Å². The Morgan fingerprint density at radius 2 is 2.05 bits per heavy atom. The van der Waals surface area contributed by atoms with E-state index in [0.29, 0.717) is 18.9 Å². The summed E-state index contributed by atoms with van der Waals surface area (Å²) in [6.07, 6.45) is 1.40. The van der Waals surface area contributed by atoms with Gasteiger partial charge in [-0.3, -0.25) is 4.79 Å². The molecule has 0 saturated carbocycles. The second-order valence-electron chi connectivity index (χ2n) is 5.20. The Morgan fingerprint density at radius 1 is 1.37 bits per heavy atom. The van der Waals surface area contributed by atoms with Gasteiger partial charge in [-0.1, -0.05) is 31.2 Å². The molecule has 0 aliphatic heterocycles. The molecule has 0 spiro atoms. The van der Waals surface area contributed by atoms with Gasteiger partial charge in [0.15, 0.2) is 0 Å². The predicted octanol–water partition coefficient (Wildman–Crippen LogP) is 2.37. The van der Waals surface area contributed by atoms with Gasteiger partial charge >= 0.3 is 0 Å². The third-order valence-corrected chi connectivity index (χ3v) is 3.54. The summed E-state index contributed by atoms with van der Waals surface area (Å²) < 4.78 is 0. The molecule has 0 aromatic heterocycles. The number of hydrogen-bond acceptors (Lipinski definition) is 2. The van der Waals surface area contributed by atoms with Crippen molar-refractivity contribution >= 4 is 5.91 Å². The van der Waals surface area contributed by atoms with Gasteiger partial charge in [0.25, 0.3) is 0 Å². The largest absolute Gasteiger partial charge is 0.343 e. The maximum absolute atomic E-state index is 12.2. The van der Waals surface area contributed by atoms with Gasteiger partial charge in [-0.25, -0.2) is 0 Å². The van der Waals surface area contributed by atoms with Gasteiger partial charge in [-0.05, 0) is 43.9 Å². The van der Waals surface area contributed by atoms with Crippen LogP contribution in [0.3, 0.4) is 0 Å². The van der Waals surface area contributed by atoms with Crippen molar-refractivity contribution in [1.82, 2.24) is 4.90 Å². The van der Waals surface area contributed by atoms with E-state index in [1.165, 1.54) is 11.1 Å². The molecular formula is C16H26N2O. The summed E-state index contributed by atoms with van der Waals surface area (Å²) in [6.45, 7) is 8.35. The van der Waals surface area contributed by atoms with Crippen molar-refractivity contribution in [2.75, 3.05) is 19.6 Å². The molecule has 0 radical (unpaired) electrons. The lowest BCUT2D eigenvalue weighted by Gasteiger charge is -2.24.